The normalized spacial score (nSPS) is 10.3. The Balaban J connectivity index is 2.11. The van der Waals surface area contributed by atoms with E-state index < -0.39 is 5.97 Å². The third-order valence-electron chi connectivity index (χ3n) is 2.62. The molecule has 0 aromatic heterocycles. The standard InChI is InChI=1S/C14H10Cl3NO2/c15-9-5-4-8(11(16)6-9)7-20-14(19)10-2-1-3-12(18)13(10)17/h1-6H,7,18H2. The number of hydrogen-bond acceptors (Lipinski definition) is 3. The Hall–Kier alpha value is -1.42. The van der Waals surface area contributed by atoms with Crippen LogP contribution in [-0.4, -0.2) is 5.97 Å². The highest BCUT2D eigenvalue weighted by Crippen LogP contribution is 2.25. The summed E-state index contributed by atoms with van der Waals surface area (Å²) in [6, 6.07) is 9.73. The van der Waals surface area contributed by atoms with Gasteiger partial charge in [-0.15, -0.1) is 0 Å². The highest BCUT2D eigenvalue weighted by Gasteiger charge is 2.14. The Morgan fingerprint density at radius 2 is 1.90 bits per heavy atom. The Bertz CT molecular complexity index is 659. The summed E-state index contributed by atoms with van der Waals surface area (Å²) in [4.78, 5) is 11.9. The maximum absolute atomic E-state index is 11.9. The SMILES string of the molecule is Nc1cccc(C(=O)OCc2ccc(Cl)cc2Cl)c1Cl. The van der Waals surface area contributed by atoms with E-state index in [0.717, 1.165) is 0 Å². The molecule has 0 atom stereocenters. The predicted molar refractivity (Wildman–Crippen MR) is 81.4 cm³/mol. The molecule has 2 rings (SSSR count). The molecule has 0 radical (unpaired) electrons. The van der Waals surface area contributed by atoms with Crippen LogP contribution in [0.5, 0.6) is 0 Å². The first kappa shape index (κ1) is 15.0. The number of halogens is 3. The first-order valence-corrected chi connectivity index (χ1v) is 6.77. The van der Waals surface area contributed by atoms with E-state index in [9.17, 15) is 4.79 Å². The first-order chi connectivity index (χ1) is 9.49. The van der Waals surface area contributed by atoms with E-state index in [1.165, 1.54) is 0 Å². The lowest BCUT2D eigenvalue weighted by Crippen LogP contribution is -2.07. The molecule has 0 saturated heterocycles. The average Bonchev–Trinajstić information content (AvgIpc) is 2.40. The van der Waals surface area contributed by atoms with Crippen LogP contribution in [0.1, 0.15) is 15.9 Å². The summed E-state index contributed by atoms with van der Waals surface area (Å²) in [5, 5.41) is 1.13. The summed E-state index contributed by atoms with van der Waals surface area (Å²) >= 11 is 17.7. The second kappa shape index (κ2) is 6.35. The third kappa shape index (κ3) is 3.37. The molecule has 2 aromatic carbocycles. The van der Waals surface area contributed by atoms with Gasteiger partial charge in [0.2, 0.25) is 0 Å². The van der Waals surface area contributed by atoms with Crippen LogP contribution < -0.4 is 5.73 Å². The van der Waals surface area contributed by atoms with E-state index in [1.54, 1.807) is 36.4 Å². The number of benzene rings is 2. The van der Waals surface area contributed by atoms with Gasteiger partial charge in [-0.2, -0.15) is 0 Å². The minimum absolute atomic E-state index is 0.0277. The van der Waals surface area contributed by atoms with Crippen LogP contribution in [0.2, 0.25) is 15.1 Å². The number of anilines is 1. The van der Waals surface area contributed by atoms with Crippen molar-refractivity contribution in [3.63, 3.8) is 0 Å². The van der Waals surface area contributed by atoms with Gasteiger partial charge in [-0.05, 0) is 24.3 Å². The van der Waals surface area contributed by atoms with Crippen molar-refractivity contribution in [2.24, 2.45) is 0 Å². The monoisotopic (exact) mass is 329 g/mol. The second-order valence-corrected chi connectivity index (χ2v) is 5.24. The molecule has 2 aromatic rings. The summed E-state index contributed by atoms with van der Waals surface area (Å²) in [7, 11) is 0. The quantitative estimate of drug-likeness (QED) is 0.661. The number of carbonyl (C=O) groups excluding carboxylic acids is 1. The molecule has 0 aliphatic carbocycles. The average molecular weight is 331 g/mol. The van der Waals surface area contributed by atoms with E-state index in [2.05, 4.69) is 0 Å². The zero-order valence-corrected chi connectivity index (χ0v) is 12.5. The van der Waals surface area contributed by atoms with Crippen LogP contribution in [0.4, 0.5) is 5.69 Å². The van der Waals surface area contributed by atoms with E-state index in [1.807, 2.05) is 0 Å². The molecular weight excluding hydrogens is 321 g/mol. The number of nitrogen functional groups attached to an aromatic ring is 1. The fourth-order valence-electron chi connectivity index (χ4n) is 1.57. The van der Waals surface area contributed by atoms with Crippen LogP contribution in [0, 0.1) is 0 Å². The molecule has 0 bridgehead atoms. The molecule has 0 aliphatic heterocycles. The molecule has 20 heavy (non-hydrogen) atoms. The van der Waals surface area contributed by atoms with Crippen LogP contribution in [0.15, 0.2) is 36.4 Å². The lowest BCUT2D eigenvalue weighted by atomic mass is 10.2. The van der Waals surface area contributed by atoms with Gasteiger partial charge in [0, 0.05) is 15.6 Å². The van der Waals surface area contributed by atoms with Crippen molar-refractivity contribution in [1.29, 1.82) is 0 Å². The van der Waals surface area contributed by atoms with Crippen molar-refractivity contribution in [2.45, 2.75) is 6.61 Å². The summed E-state index contributed by atoms with van der Waals surface area (Å²) in [5.41, 5.74) is 6.83. The van der Waals surface area contributed by atoms with E-state index in [-0.39, 0.29) is 17.2 Å². The van der Waals surface area contributed by atoms with Gasteiger partial charge < -0.3 is 10.5 Å². The van der Waals surface area contributed by atoms with Crippen LogP contribution in [0.3, 0.4) is 0 Å². The van der Waals surface area contributed by atoms with Crippen LogP contribution in [0.25, 0.3) is 0 Å². The summed E-state index contributed by atoms with van der Waals surface area (Å²) in [6.45, 7) is 0.0277. The highest BCUT2D eigenvalue weighted by atomic mass is 35.5. The molecular formula is C14H10Cl3NO2. The zero-order chi connectivity index (χ0) is 14.7. The molecule has 0 fully saturated rings. The predicted octanol–water partition coefficient (Wildman–Crippen LogP) is 4.59. The number of carbonyl (C=O) groups is 1. The topological polar surface area (TPSA) is 52.3 Å². The van der Waals surface area contributed by atoms with Gasteiger partial charge in [0.15, 0.2) is 0 Å². The minimum atomic E-state index is -0.562. The summed E-state index contributed by atoms with van der Waals surface area (Å²) < 4.78 is 5.16. The Labute approximate surface area is 131 Å². The molecule has 0 saturated carbocycles. The van der Waals surface area contributed by atoms with Gasteiger partial charge in [-0.25, -0.2) is 4.79 Å². The van der Waals surface area contributed by atoms with Crippen molar-refractivity contribution >= 4 is 46.5 Å². The molecule has 0 spiro atoms. The Morgan fingerprint density at radius 1 is 1.15 bits per heavy atom. The molecule has 6 heteroatoms. The number of esters is 1. The lowest BCUT2D eigenvalue weighted by molar-refractivity contribution is 0.0473. The number of nitrogens with two attached hydrogens (primary N) is 1. The third-order valence-corrected chi connectivity index (χ3v) is 3.63. The highest BCUT2D eigenvalue weighted by molar-refractivity contribution is 6.36. The molecule has 0 heterocycles. The van der Waals surface area contributed by atoms with Gasteiger partial charge in [0.25, 0.3) is 0 Å². The molecule has 2 N–H and O–H groups in total. The van der Waals surface area contributed by atoms with Crippen LogP contribution >= 0.6 is 34.8 Å². The van der Waals surface area contributed by atoms with Gasteiger partial charge in [-0.1, -0.05) is 46.9 Å². The van der Waals surface area contributed by atoms with Crippen molar-refractivity contribution in [3.05, 3.63) is 62.6 Å². The van der Waals surface area contributed by atoms with Gasteiger partial charge in [0.05, 0.1) is 16.3 Å². The molecule has 0 aliphatic rings. The first-order valence-electron chi connectivity index (χ1n) is 5.64. The van der Waals surface area contributed by atoms with Crippen molar-refractivity contribution in [1.82, 2.24) is 0 Å². The molecule has 0 amide bonds. The maximum atomic E-state index is 11.9. The lowest BCUT2D eigenvalue weighted by Gasteiger charge is -2.09. The molecule has 3 nitrogen and oxygen atoms in total. The van der Waals surface area contributed by atoms with E-state index in [4.69, 9.17) is 45.3 Å². The summed E-state index contributed by atoms with van der Waals surface area (Å²) in [6.07, 6.45) is 0. The van der Waals surface area contributed by atoms with Crippen molar-refractivity contribution in [3.8, 4) is 0 Å². The zero-order valence-electron chi connectivity index (χ0n) is 10.2. The van der Waals surface area contributed by atoms with Gasteiger partial charge in [0.1, 0.15) is 6.61 Å². The number of ether oxygens (including phenoxy) is 1. The molecule has 104 valence electrons. The van der Waals surface area contributed by atoms with Crippen LogP contribution in [-0.2, 0) is 11.3 Å². The van der Waals surface area contributed by atoms with E-state index in [0.29, 0.717) is 21.3 Å². The summed E-state index contributed by atoms with van der Waals surface area (Å²) in [5.74, 6) is -0.562. The second-order valence-electron chi connectivity index (χ2n) is 4.02. The number of hydrogen-bond donors (Lipinski definition) is 1. The minimum Gasteiger partial charge on any atom is -0.457 e. The van der Waals surface area contributed by atoms with Gasteiger partial charge >= 0.3 is 5.97 Å². The maximum Gasteiger partial charge on any atom is 0.340 e. The Morgan fingerprint density at radius 3 is 2.60 bits per heavy atom. The molecule has 0 unspecified atom stereocenters. The fraction of sp³-hybridized carbons (Fsp3) is 0.0714. The van der Waals surface area contributed by atoms with Crippen molar-refractivity contribution in [2.75, 3.05) is 5.73 Å². The van der Waals surface area contributed by atoms with Gasteiger partial charge in [-0.3, -0.25) is 0 Å². The smallest absolute Gasteiger partial charge is 0.340 e. The van der Waals surface area contributed by atoms with E-state index >= 15 is 0 Å². The fourth-order valence-corrected chi connectivity index (χ4v) is 2.23. The van der Waals surface area contributed by atoms with Crippen molar-refractivity contribution < 1.29 is 9.53 Å². The largest absolute Gasteiger partial charge is 0.457 e. The Kier molecular flexibility index (Phi) is 4.76. The number of rotatable bonds is 3.